The SMILES string of the molecule is CC(C)(C)OC(=O)C1=NC(C=O)=C1. The number of aldehydes is 1. The Labute approximate surface area is 76.3 Å². The highest BCUT2D eigenvalue weighted by molar-refractivity contribution is 6.44. The molecule has 0 aromatic carbocycles. The molecule has 0 amide bonds. The predicted octanol–water partition coefficient (Wildman–Crippen LogP) is 0.865. The van der Waals surface area contributed by atoms with Gasteiger partial charge < -0.3 is 4.74 Å². The molecular formula is C9H11NO3. The summed E-state index contributed by atoms with van der Waals surface area (Å²) in [5, 5.41) is 0. The van der Waals surface area contributed by atoms with Gasteiger partial charge in [-0.15, -0.1) is 0 Å². The highest BCUT2D eigenvalue weighted by atomic mass is 16.6. The van der Waals surface area contributed by atoms with Crippen LogP contribution >= 0.6 is 0 Å². The van der Waals surface area contributed by atoms with E-state index in [0.29, 0.717) is 6.29 Å². The van der Waals surface area contributed by atoms with Crippen molar-refractivity contribution in [1.82, 2.24) is 0 Å². The fraction of sp³-hybridized carbons (Fsp3) is 0.444. The average Bonchev–Trinajstić information content (AvgIpc) is 1.79. The van der Waals surface area contributed by atoms with Crippen molar-refractivity contribution in [1.29, 1.82) is 0 Å². The number of rotatable bonds is 2. The van der Waals surface area contributed by atoms with Crippen LogP contribution in [0.15, 0.2) is 16.8 Å². The summed E-state index contributed by atoms with van der Waals surface area (Å²) in [6.45, 7) is 5.32. The van der Waals surface area contributed by atoms with E-state index in [0.717, 1.165) is 0 Å². The first-order valence-electron chi connectivity index (χ1n) is 3.91. The minimum Gasteiger partial charge on any atom is -0.455 e. The van der Waals surface area contributed by atoms with Crippen LogP contribution in [-0.2, 0) is 14.3 Å². The van der Waals surface area contributed by atoms with E-state index in [1.54, 1.807) is 20.8 Å². The molecule has 13 heavy (non-hydrogen) atoms. The summed E-state index contributed by atoms with van der Waals surface area (Å²) in [5.41, 5.74) is -0.0393. The number of nitrogens with zero attached hydrogens (tertiary/aromatic N) is 1. The van der Waals surface area contributed by atoms with E-state index >= 15 is 0 Å². The monoisotopic (exact) mass is 181 g/mol. The Morgan fingerprint density at radius 3 is 2.46 bits per heavy atom. The molecule has 1 aliphatic heterocycles. The van der Waals surface area contributed by atoms with Gasteiger partial charge in [-0.05, 0) is 20.8 Å². The van der Waals surface area contributed by atoms with E-state index in [-0.39, 0.29) is 11.4 Å². The predicted molar refractivity (Wildman–Crippen MR) is 47.4 cm³/mol. The first kappa shape index (κ1) is 9.64. The Balaban J connectivity index is 2.50. The highest BCUT2D eigenvalue weighted by Crippen LogP contribution is 2.12. The van der Waals surface area contributed by atoms with Crippen LogP contribution in [0.1, 0.15) is 20.8 Å². The number of allylic oxidation sites excluding steroid dienone is 1. The summed E-state index contributed by atoms with van der Waals surface area (Å²) in [4.78, 5) is 25.0. The fourth-order valence-corrected chi connectivity index (χ4v) is 0.773. The normalized spacial score (nSPS) is 15.3. The summed E-state index contributed by atoms with van der Waals surface area (Å²) in [6.07, 6.45) is 1.99. The van der Waals surface area contributed by atoms with Crippen LogP contribution in [0.3, 0.4) is 0 Å². The number of esters is 1. The zero-order valence-electron chi connectivity index (χ0n) is 7.83. The van der Waals surface area contributed by atoms with Crippen molar-refractivity contribution in [2.24, 2.45) is 4.99 Å². The molecule has 1 rings (SSSR count). The van der Waals surface area contributed by atoms with Crippen molar-refractivity contribution >= 4 is 18.0 Å². The molecule has 1 aliphatic rings. The summed E-state index contributed by atoms with van der Waals surface area (Å²) in [5.74, 6) is -0.488. The maximum atomic E-state index is 11.2. The molecule has 0 radical (unpaired) electrons. The lowest BCUT2D eigenvalue weighted by atomic mass is 10.1. The van der Waals surface area contributed by atoms with Gasteiger partial charge in [-0.3, -0.25) is 4.79 Å². The van der Waals surface area contributed by atoms with E-state index < -0.39 is 11.6 Å². The summed E-state index contributed by atoms with van der Waals surface area (Å²) >= 11 is 0. The van der Waals surface area contributed by atoms with Crippen LogP contribution in [0.5, 0.6) is 0 Å². The second kappa shape index (κ2) is 3.12. The van der Waals surface area contributed by atoms with Gasteiger partial charge in [0, 0.05) is 6.08 Å². The molecule has 0 bridgehead atoms. The van der Waals surface area contributed by atoms with Crippen LogP contribution in [0, 0.1) is 0 Å². The molecule has 4 nitrogen and oxygen atoms in total. The number of ether oxygens (including phenoxy) is 1. The first-order chi connectivity index (χ1) is 5.92. The molecule has 0 aliphatic carbocycles. The van der Waals surface area contributed by atoms with Gasteiger partial charge >= 0.3 is 5.97 Å². The van der Waals surface area contributed by atoms with Gasteiger partial charge in [-0.1, -0.05) is 0 Å². The molecule has 0 saturated heterocycles. The molecule has 4 heteroatoms. The number of carbonyl (C=O) groups is 2. The number of carbonyl (C=O) groups excluding carboxylic acids is 2. The Bertz CT molecular complexity index is 307. The lowest BCUT2D eigenvalue weighted by Crippen LogP contribution is -2.30. The second-order valence-corrected chi connectivity index (χ2v) is 3.69. The van der Waals surface area contributed by atoms with Gasteiger partial charge in [-0.2, -0.15) is 0 Å². The highest BCUT2D eigenvalue weighted by Gasteiger charge is 2.23. The number of hydrogen-bond acceptors (Lipinski definition) is 4. The summed E-state index contributed by atoms with van der Waals surface area (Å²) < 4.78 is 5.00. The summed E-state index contributed by atoms with van der Waals surface area (Å²) in [7, 11) is 0. The largest absolute Gasteiger partial charge is 0.455 e. The van der Waals surface area contributed by atoms with E-state index in [1.807, 2.05) is 0 Å². The quantitative estimate of drug-likeness (QED) is 0.469. The Kier molecular flexibility index (Phi) is 2.32. The number of aliphatic imine (C=N–C) groups is 1. The Hall–Kier alpha value is -1.45. The zero-order chi connectivity index (χ0) is 10.1. The molecule has 70 valence electrons. The molecule has 0 unspecified atom stereocenters. The third kappa shape index (κ3) is 2.50. The molecular weight excluding hydrogens is 170 g/mol. The van der Waals surface area contributed by atoms with Crippen molar-refractivity contribution in [3.8, 4) is 0 Å². The molecule has 0 spiro atoms. The van der Waals surface area contributed by atoms with Crippen LogP contribution in [0.4, 0.5) is 0 Å². The third-order valence-corrected chi connectivity index (χ3v) is 1.26. The second-order valence-electron chi connectivity index (χ2n) is 3.69. The van der Waals surface area contributed by atoms with Crippen LogP contribution in [-0.4, -0.2) is 23.6 Å². The van der Waals surface area contributed by atoms with Gasteiger partial charge in [-0.25, -0.2) is 9.79 Å². The lowest BCUT2D eigenvalue weighted by Gasteiger charge is -2.20. The zero-order valence-corrected chi connectivity index (χ0v) is 7.83. The van der Waals surface area contributed by atoms with Crippen LogP contribution in [0.25, 0.3) is 0 Å². The van der Waals surface area contributed by atoms with Crippen molar-refractivity contribution in [2.45, 2.75) is 26.4 Å². The molecule has 1 heterocycles. The van der Waals surface area contributed by atoms with E-state index in [2.05, 4.69) is 4.99 Å². The van der Waals surface area contributed by atoms with Crippen LogP contribution in [0.2, 0.25) is 0 Å². The van der Waals surface area contributed by atoms with Crippen molar-refractivity contribution in [3.05, 3.63) is 11.8 Å². The Morgan fingerprint density at radius 2 is 2.08 bits per heavy atom. The molecule has 0 aromatic rings. The van der Waals surface area contributed by atoms with Crippen LogP contribution < -0.4 is 0 Å². The van der Waals surface area contributed by atoms with E-state index in [9.17, 15) is 9.59 Å². The van der Waals surface area contributed by atoms with Gasteiger partial charge in [0.25, 0.3) is 0 Å². The average molecular weight is 181 g/mol. The first-order valence-corrected chi connectivity index (χ1v) is 3.91. The smallest absolute Gasteiger partial charge is 0.357 e. The lowest BCUT2D eigenvalue weighted by molar-refractivity contribution is -0.146. The molecule has 0 N–H and O–H groups in total. The number of hydrogen-bond donors (Lipinski definition) is 0. The topological polar surface area (TPSA) is 55.7 Å². The fourth-order valence-electron chi connectivity index (χ4n) is 0.773. The van der Waals surface area contributed by atoms with Crippen molar-refractivity contribution in [3.63, 3.8) is 0 Å². The minimum atomic E-state index is -0.523. The molecule has 0 saturated carbocycles. The third-order valence-electron chi connectivity index (χ3n) is 1.26. The molecule has 0 atom stereocenters. The van der Waals surface area contributed by atoms with Gasteiger partial charge in [0.2, 0.25) is 0 Å². The standard InChI is InChI=1S/C9H11NO3/c1-9(2,3)13-8(12)7-4-6(5-11)10-7/h4-5H,1-3H3. The minimum absolute atomic E-state index is 0.206. The van der Waals surface area contributed by atoms with Gasteiger partial charge in [0.05, 0.1) is 0 Å². The molecule has 0 fully saturated rings. The maximum Gasteiger partial charge on any atom is 0.357 e. The van der Waals surface area contributed by atoms with E-state index in [4.69, 9.17) is 4.74 Å². The van der Waals surface area contributed by atoms with Crippen molar-refractivity contribution in [2.75, 3.05) is 0 Å². The van der Waals surface area contributed by atoms with Gasteiger partial charge in [0.15, 0.2) is 12.0 Å². The van der Waals surface area contributed by atoms with Crippen molar-refractivity contribution < 1.29 is 14.3 Å². The summed E-state index contributed by atoms with van der Waals surface area (Å²) in [6, 6.07) is 0. The Morgan fingerprint density at radius 1 is 1.54 bits per heavy atom. The van der Waals surface area contributed by atoms with Gasteiger partial charge in [0.1, 0.15) is 11.3 Å². The maximum absolute atomic E-state index is 11.2. The molecule has 0 aromatic heterocycles. The van der Waals surface area contributed by atoms with E-state index in [1.165, 1.54) is 6.08 Å².